The van der Waals surface area contributed by atoms with Crippen LogP contribution in [0.4, 0.5) is 0 Å². The third-order valence-electron chi connectivity index (χ3n) is 3.69. The molecule has 2 aromatic rings. The summed E-state index contributed by atoms with van der Waals surface area (Å²) in [7, 11) is 1.74. The highest BCUT2D eigenvalue weighted by Gasteiger charge is 2.19. The zero-order valence-electron chi connectivity index (χ0n) is 11.6. The summed E-state index contributed by atoms with van der Waals surface area (Å²) < 4.78 is 5.49. The van der Waals surface area contributed by atoms with Crippen molar-refractivity contribution in [3.05, 3.63) is 48.0 Å². The van der Waals surface area contributed by atoms with Crippen molar-refractivity contribution in [2.24, 2.45) is 5.84 Å². The van der Waals surface area contributed by atoms with Crippen LogP contribution < -0.4 is 11.3 Å². The molecule has 0 bridgehead atoms. The number of nitrogens with two attached hydrogens (primary N) is 1. The van der Waals surface area contributed by atoms with Crippen LogP contribution in [0.5, 0.6) is 0 Å². The van der Waals surface area contributed by atoms with Gasteiger partial charge in [-0.2, -0.15) is 0 Å². The smallest absolute Gasteiger partial charge is 0.0738 e. The third-order valence-corrected chi connectivity index (χ3v) is 3.69. The largest absolute Gasteiger partial charge is 0.380 e. The van der Waals surface area contributed by atoms with E-state index >= 15 is 0 Å². The number of rotatable bonds is 6. The maximum atomic E-state index is 5.69. The lowest BCUT2D eigenvalue weighted by atomic mass is 9.95. The molecule has 0 amide bonds. The second kappa shape index (κ2) is 6.66. The van der Waals surface area contributed by atoms with E-state index in [9.17, 15) is 0 Å². The summed E-state index contributed by atoms with van der Waals surface area (Å²) in [6, 6.07) is 15.0. The number of nitrogens with one attached hydrogen (secondary N) is 1. The van der Waals surface area contributed by atoms with Gasteiger partial charge in [0.05, 0.1) is 12.1 Å². The van der Waals surface area contributed by atoms with Crippen molar-refractivity contribution >= 4 is 10.8 Å². The molecule has 0 saturated heterocycles. The lowest BCUT2D eigenvalue weighted by Crippen LogP contribution is -2.46. The van der Waals surface area contributed by atoms with Gasteiger partial charge in [0.2, 0.25) is 0 Å². The highest BCUT2D eigenvalue weighted by Crippen LogP contribution is 2.21. The van der Waals surface area contributed by atoms with Crippen LogP contribution in [0.15, 0.2) is 42.5 Å². The Morgan fingerprint density at radius 1 is 1.16 bits per heavy atom. The quantitative estimate of drug-likeness (QED) is 0.618. The molecule has 0 aliphatic rings. The van der Waals surface area contributed by atoms with Crippen LogP contribution in [0.2, 0.25) is 0 Å². The van der Waals surface area contributed by atoms with E-state index in [2.05, 4.69) is 54.8 Å². The van der Waals surface area contributed by atoms with Crippen LogP contribution >= 0.6 is 0 Å². The number of ether oxygens (including phenoxy) is 1. The summed E-state index contributed by atoms with van der Waals surface area (Å²) in [6.07, 6.45) is 1.93. The van der Waals surface area contributed by atoms with E-state index in [4.69, 9.17) is 10.6 Å². The topological polar surface area (TPSA) is 47.3 Å². The van der Waals surface area contributed by atoms with Crippen LogP contribution in [-0.2, 0) is 11.2 Å². The van der Waals surface area contributed by atoms with E-state index in [1.54, 1.807) is 7.11 Å². The molecular formula is C16H22N2O. The molecule has 3 nitrogen and oxygen atoms in total. The Labute approximate surface area is 114 Å². The van der Waals surface area contributed by atoms with Crippen LogP contribution in [-0.4, -0.2) is 19.3 Å². The van der Waals surface area contributed by atoms with Gasteiger partial charge in [-0.25, -0.2) is 0 Å². The number of hydrazine groups is 1. The van der Waals surface area contributed by atoms with Gasteiger partial charge in [-0.05, 0) is 29.2 Å². The normalized spacial score (nSPS) is 14.5. The average Bonchev–Trinajstić information content (AvgIpc) is 2.47. The Bertz CT molecular complexity index is 518. The first-order chi connectivity index (χ1) is 9.30. The number of methoxy groups -OCH3 is 1. The zero-order chi connectivity index (χ0) is 13.7. The van der Waals surface area contributed by atoms with Crippen molar-refractivity contribution in [2.75, 3.05) is 7.11 Å². The average molecular weight is 258 g/mol. The van der Waals surface area contributed by atoms with Crippen molar-refractivity contribution in [1.82, 2.24) is 5.43 Å². The molecule has 2 rings (SSSR count). The van der Waals surface area contributed by atoms with Crippen LogP contribution in [0.3, 0.4) is 0 Å². The minimum atomic E-state index is 0.126. The van der Waals surface area contributed by atoms with Gasteiger partial charge in [-0.15, -0.1) is 0 Å². The molecule has 0 heterocycles. The summed E-state index contributed by atoms with van der Waals surface area (Å²) in [4.78, 5) is 0. The van der Waals surface area contributed by atoms with Gasteiger partial charge < -0.3 is 4.74 Å². The zero-order valence-corrected chi connectivity index (χ0v) is 11.6. The van der Waals surface area contributed by atoms with Gasteiger partial charge in [0, 0.05) is 7.11 Å². The SMILES string of the molecule is CCC(OC)C(Cc1cccc2ccccc12)NN. The van der Waals surface area contributed by atoms with Gasteiger partial charge in [-0.1, -0.05) is 49.4 Å². The summed E-state index contributed by atoms with van der Waals surface area (Å²) in [5.41, 5.74) is 4.19. The van der Waals surface area contributed by atoms with E-state index in [0.717, 1.165) is 12.8 Å². The van der Waals surface area contributed by atoms with Gasteiger partial charge in [0.15, 0.2) is 0 Å². The Morgan fingerprint density at radius 2 is 1.89 bits per heavy atom. The maximum Gasteiger partial charge on any atom is 0.0738 e. The molecule has 19 heavy (non-hydrogen) atoms. The number of hydrogen-bond acceptors (Lipinski definition) is 3. The van der Waals surface area contributed by atoms with Crippen LogP contribution in [0, 0.1) is 0 Å². The minimum absolute atomic E-state index is 0.126. The molecule has 2 aromatic carbocycles. The van der Waals surface area contributed by atoms with Gasteiger partial charge in [-0.3, -0.25) is 11.3 Å². The third kappa shape index (κ3) is 3.13. The second-order valence-electron chi connectivity index (χ2n) is 4.80. The first-order valence-corrected chi connectivity index (χ1v) is 6.75. The Morgan fingerprint density at radius 3 is 2.58 bits per heavy atom. The monoisotopic (exact) mass is 258 g/mol. The van der Waals surface area contributed by atoms with E-state index in [1.165, 1.54) is 16.3 Å². The number of fused-ring (bicyclic) bond motifs is 1. The Hall–Kier alpha value is -1.42. The first-order valence-electron chi connectivity index (χ1n) is 6.75. The number of hydrogen-bond donors (Lipinski definition) is 2. The molecule has 3 heteroatoms. The standard InChI is InChI=1S/C16H22N2O/c1-3-16(19-2)15(18-17)11-13-9-6-8-12-7-4-5-10-14(12)13/h4-10,15-16,18H,3,11,17H2,1-2H3. The summed E-state index contributed by atoms with van der Waals surface area (Å²) in [5.74, 6) is 5.69. The second-order valence-corrected chi connectivity index (χ2v) is 4.80. The molecule has 0 aliphatic heterocycles. The van der Waals surface area contributed by atoms with E-state index < -0.39 is 0 Å². The highest BCUT2D eigenvalue weighted by atomic mass is 16.5. The first kappa shape index (κ1) is 14.0. The molecule has 0 fully saturated rings. The molecule has 3 N–H and O–H groups in total. The minimum Gasteiger partial charge on any atom is -0.380 e. The van der Waals surface area contributed by atoms with E-state index in [-0.39, 0.29) is 12.1 Å². The van der Waals surface area contributed by atoms with Gasteiger partial charge in [0.1, 0.15) is 0 Å². The van der Waals surface area contributed by atoms with Crippen molar-refractivity contribution in [3.63, 3.8) is 0 Å². The fourth-order valence-electron chi connectivity index (χ4n) is 2.62. The maximum absolute atomic E-state index is 5.69. The molecule has 0 spiro atoms. The molecule has 0 aromatic heterocycles. The molecule has 102 valence electrons. The lowest BCUT2D eigenvalue weighted by Gasteiger charge is -2.25. The molecule has 0 aliphatic carbocycles. The molecule has 2 atom stereocenters. The fourth-order valence-corrected chi connectivity index (χ4v) is 2.62. The van der Waals surface area contributed by atoms with Crippen molar-refractivity contribution in [1.29, 1.82) is 0 Å². The highest BCUT2D eigenvalue weighted by molar-refractivity contribution is 5.85. The summed E-state index contributed by atoms with van der Waals surface area (Å²) in [5, 5.41) is 2.55. The van der Waals surface area contributed by atoms with Crippen molar-refractivity contribution in [3.8, 4) is 0 Å². The number of benzene rings is 2. The summed E-state index contributed by atoms with van der Waals surface area (Å²) in [6.45, 7) is 2.11. The van der Waals surface area contributed by atoms with E-state index in [0.29, 0.717) is 0 Å². The Kier molecular flexibility index (Phi) is 4.91. The lowest BCUT2D eigenvalue weighted by molar-refractivity contribution is 0.0654. The molecular weight excluding hydrogens is 236 g/mol. The fraction of sp³-hybridized carbons (Fsp3) is 0.375. The molecule has 2 unspecified atom stereocenters. The van der Waals surface area contributed by atoms with Crippen molar-refractivity contribution in [2.45, 2.75) is 31.9 Å². The van der Waals surface area contributed by atoms with Crippen LogP contribution in [0.1, 0.15) is 18.9 Å². The predicted molar refractivity (Wildman–Crippen MR) is 79.9 cm³/mol. The van der Waals surface area contributed by atoms with Crippen LogP contribution in [0.25, 0.3) is 10.8 Å². The van der Waals surface area contributed by atoms with Gasteiger partial charge >= 0.3 is 0 Å². The van der Waals surface area contributed by atoms with Gasteiger partial charge in [0.25, 0.3) is 0 Å². The van der Waals surface area contributed by atoms with Crippen molar-refractivity contribution < 1.29 is 4.74 Å². The van der Waals surface area contributed by atoms with E-state index in [1.807, 2.05) is 0 Å². The molecule has 0 saturated carbocycles. The Balaban J connectivity index is 2.29. The summed E-state index contributed by atoms with van der Waals surface area (Å²) >= 11 is 0. The predicted octanol–water partition coefficient (Wildman–Crippen LogP) is 2.64. The molecule has 0 radical (unpaired) electrons.